The number of nitrogens with zero attached hydrogens (tertiary/aromatic N) is 2. The lowest BCUT2D eigenvalue weighted by atomic mass is 10.1. The highest BCUT2D eigenvalue weighted by atomic mass is 16.2. The van der Waals surface area contributed by atoms with Crippen LogP contribution in [0.25, 0.3) is 0 Å². The fraction of sp³-hybridized carbons (Fsp3) is 0.0800. The minimum absolute atomic E-state index is 0.265. The largest absolute Gasteiger partial charge is 0.323 e. The second kappa shape index (κ2) is 9.47. The van der Waals surface area contributed by atoms with Crippen LogP contribution in [0.2, 0.25) is 0 Å². The van der Waals surface area contributed by atoms with Gasteiger partial charge >= 0.3 is 6.03 Å². The molecule has 0 aliphatic carbocycles. The summed E-state index contributed by atoms with van der Waals surface area (Å²) < 4.78 is 0. The zero-order valence-corrected chi connectivity index (χ0v) is 16.5. The molecule has 4 rings (SSSR count). The van der Waals surface area contributed by atoms with Gasteiger partial charge in [0.25, 0.3) is 0 Å². The van der Waals surface area contributed by atoms with Crippen LogP contribution in [-0.2, 0) is 12.8 Å². The number of urea groups is 1. The molecule has 0 aliphatic heterocycles. The third kappa shape index (κ3) is 5.52. The van der Waals surface area contributed by atoms with Crippen LogP contribution in [0.1, 0.15) is 22.3 Å². The van der Waals surface area contributed by atoms with Gasteiger partial charge in [0.2, 0.25) is 0 Å². The molecule has 4 aromatic rings. The minimum atomic E-state index is -0.265. The highest BCUT2D eigenvalue weighted by Crippen LogP contribution is 2.16. The molecular weight excluding hydrogens is 372 g/mol. The van der Waals surface area contributed by atoms with Gasteiger partial charge in [0.15, 0.2) is 0 Å². The van der Waals surface area contributed by atoms with Crippen LogP contribution < -0.4 is 10.6 Å². The van der Waals surface area contributed by atoms with E-state index >= 15 is 0 Å². The summed E-state index contributed by atoms with van der Waals surface area (Å²) in [6, 6.07) is 23.5. The number of nitrogens with one attached hydrogen (secondary N) is 2. The van der Waals surface area contributed by atoms with Gasteiger partial charge in [-0.05, 0) is 83.6 Å². The standard InChI is InChI=1S/C25H22N4O/c30-25(28-23-5-1-19(2-6-23)17-21-9-13-26-14-10-21)29-24-7-3-20(4-8-24)18-22-11-15-27-16-12-22/h1-16H,17-18H2,(H2,28,29,30). The number of hydrogen-bond acceptors (Lipinski definition) is 3. The summed E-state index contributed by atoms with van der Waals surface area (Å²) in [5, 5.41) is 5.74. The van der Waals surface area contributed by atoms with Crippen LogP contribution in [0.5, 0.6) is 0 Å². The van der Waals surface area contributed by atoms with Crippen molar-refractivity contribution in [3.63, 3.8) is 0 Å². The fourth-order valence-corrected chi connectivity index (χ4v) is 3.18. The number of pyridine rings is 2. The molecule has 5 nitrogen and oxygen atoms in total. The monoisotopic (exact) mass is 394 g/mol. The zero-order valence-electron chi connectivity index (χ0n) is 16.5. The van der Waals surface area contributed by atoms with Crippen molar-refractivity contribution >= 4 is 17.4 Å². The summed E-state index contributed by atoms with van der Waals surface area (Å²) in [6.07, 6.45) is 8.84. The molecule has 0 saturated carbocycles. The molecule has 2 aromatic carbocycles. The van der Waals surface area contributed by atoms with Gasteiger partial charge in [-0.3, -0.25) is 9.97 Å². The molecule has 2 amide bonds. The lowest BCUT2D eigenvalue weighted by molar-refractivity contribution is 0.262. The van der Waals surface area contributed by atoms with Gasteiger partial charge in [-0.2, -0.15) is 0 Å². The van der Waals surface area contributed by atoms with Crippen molar-refractivity contribution in [2.45, 2.75) is 12.8 Å². The molecule has 0 saturated heterocycles. The number of anilines is 2. The van der Waals surface area contributed by atoms with Gasteiger partial charge in [-0.25, -0.2) is 4.79 Å². The van der Waals surface area contributed by atoms with Crippen LogP contribution in [0, 0.1) is 0 Å². The molecule has 0 spiro atoms. The van der Waals surface area contributed by atoms with Gasteiger partial charge in [0.1, 0.15) is 0 Å². The Balaban J connectivity index is 1.30. The normalized spacial score (nSPS) is 10.4. The summed E-state index contributed by atoms with van der Waals surface area (Å²) in [5.41, 5.74) is 6.26. The van der Waals surface area contributed by atoms with E-state index < -0.39 is 0 Å². The zero-order chi connectivity index (χ0) is 20.6. The second-order valence-electron chi connectivity index (χ2n) is 7.04. The van der Waals surface area contributed by atoms with E-state index in [2.05, 4.69) is 20.6 Å². The molecule has 148 valence electrons. The average molecular weight is 394 g/mol. The maximum atomic E-state index is 12.3. The number of benzene rings is 2. The van der Waals surface area contributed by atoms with Crippen molar-refractivity contribution < 1.29 is 4.79 Å². The van der Waals surface area contributed by atoms with Gasteiger partial charge in [0.05, 0.1) is 0 Å². The van der Waals surface area contributed by atoms with Gasteiger partial charge in [-0.1, -0.05) is 24.3 Å². The number of rotatable bonds is 6. The second-order valence-corrected chi connectivity index (χ2v) is 7.04. The quantitative estimate of drug-likeness (QED) is 0.466. The Morgan fingerprint density at radius 1 is 0.533 bits per heavy atom. The summed E-state index contributed by atoms with van der Waals surface area (Å²) in [4.78, 5) is 20.4. The lowest BCUT2D eigenvalue weighted by Crippen LogP contribution is -2.19. The van der Waals surface area contributed by atoms with E-state index in [9.17, 15) is 4.79 Å². The molecular formula is C25H22N4O. The molecule has 2 heterocycles. The van der Waals surface area contributed by atoms with Crippen LogP contribution in [-0.4, -0.2) is 16.0 Å². The van der Waals surface area contributed by atoms with Crippen LogP contribution in [0.4, 0.5) is 16.2 Å². The van der Waals surface area contributed by atoms with Crippen molar-refractivity contribution in [2.24, 2.45) is 0 Å². The smallest absolute Gasteiger partial charge is 0.308 e. The Labute approximate surface area is 175 Å². The fourth-order valence-electron chi connectivity index (χ4n) is 3.18. The number of aromatic nitrogens is 2. The average Bonchev–Trinajstić information content (AvgIpc) is 2.78. The van der Waals surface area contributed by atoms with E-state index in [-0.39, 0.29) is 6.03 Å². The summed E-state index contributed by atoms with van der Waals surface area (Å²) in [5.74, 6) is 0. The lowest BCUT2D eigenvalue weighted by Gasteiger charge is -2.09. The molecule has 0 aliphatic rings. The summed E-state index contributed by atoms with van der Waals surface area (Å²) in [6.45, 7) is 0. The first-order valence-electron chi connectivity index (χ1n) is 9.78. The third-order valence-electron chi connectivity index (χ3n) is 4.74. The maximum Gasteiger partial charge on any atom is 0.323 e. The van der Waals surface area contributed by atoms with Crippen molar-refractivity contribution in [1.82, 2.24) is 9.97 Å². The van der Waals surface area contributed by atoms with Gasteiger partial charge in [0, 0.05) is 36.2 Å². The molecule has 5 heteroatoms. The third-order valence-corrected chi connectivity index (χ3v) is 4.74. The SMILES string of the molecule is O=C(Nc1ccc(Cc2ccncc2)cc1)Nc1ccc(Cc2ccncc2)cc1. The Kier molecular flexibility index (Phi) is 6.11. The van der Waals surface area contributed by atoms with Gasteiger partial charge in [-0.15, -0.1) is 0 Å². The Hall–Kier alpha value is -3.99. The highest BCUT2D eigenvalue weighted by molar-refractivity contribution is 5.99. The topological polar surface area (TPSA) is 66.9 Å². The molecule has 0 bridgehead atoms. The minimum Gasteiger partial charge on any atom is -0.308 e. The van der Waals surface area contributed by atoms with Crippen LogP contribution in [0.15, 0.2) is 97.6 Å². The first-order chi connectivity index (χ1) is 14.7. The van der Waals surface area contributed by atoms with Crippen LogP contribution >= 0.6 is 0 Å². The highest BCUT2D eigenvalue weighted by Gasteiger charge is 2.04. The van der Waals surface area contributed by atoms with Crippen molar-refractivity contribution in [2.75, 3.05) is 10.6 Å². The van der Waals surface area contributed by atoms with Crippen molar-refractivity contribution in [3.8, 4) is 0 Å². The Bertz CT molecular complexity index is 991. The summed E-state index contributed by atoms with van der Waals surface area (Å²) >= 11 is 0. The number of amides is 2. The van der Waals surface area contributed by atoms with E-state index in [1.807, 2.05) is 72.8 Å². The van der Waals surface area contributed by atoms with E-state index in [4.69, 9.17) is 0 Å². The maximum absolute atomic E-state index is 12.3. The van der Waals surface area contributed by atoms with E-state index in [0.717, 1.165) is 24.2 Å². The molecule has 2 N–H and O–H groups in total. The summed E-state index contributed by atoms with van der Waals surface area (Å²) in [7, 11) is 0. The molecule has 2 aromatic heterocycles. The van der Waals surface area contributed by atoms with E-state index in [1.54, 1.807) is 24.8 Å². The first-order valence-corrected chi connectivity index (χ1v) is 9.78. The predicted octanol–water partition coefficient (Wildman–Crippen LogP) is 5.30. The van der Waals surface area contributed by atoms with Crippen molar-refractivity contribution in [1.29, 1.82) is 0 Å². The first kappa shape index (κ1) is 19.3. The predicted molar refractivity (Wildman–Crippen MR) is 120 cm³/mol. The molecule has 0 unspecified atom stereocenters. The van der Waals surface area contributed by atoms with Crippen molar-refractivity contribution in [3.05, 3.63) is 120 Å². The molecule has 0 atom stereocenters. The number of carbonyl (C=O) groups excluding carboxylic acids is 1. The molecule has 30 heavy (non-hydrogen) atoms. The Morgan fingerprint density at radius 3 is 1.23 bits per heavy atom. The van der Waals surface area contributed by atoms with Crippen LogP contribution in [0.3, 0.4) is 0 Å². The number of carbonyl (C=O) groups is 1. The van der Waals surface area contributed by atoms with Gasteiger partial charge < -0.3 is 10.6 Å². The van der Waals surface area contributed by atoms with E-state index in [0.29, 0.717) is 0 Å². The Morgan fingerprint density at radius 2 is 0.867 bits per heavy atom. The molecule has 0 radical (unpaired) electrons. The molecule has 0 fully saturated rings. The number of hydrogen-bond donors (Lipinski definition) is 2. The van der Waals surface area contributed by atoms with E-state index in [1.165, 1.54) is 22.3 Å².